The van der Waals surface area contributed by atoms with Crippen LogP contribution in [0.15, 0.2) is 30.6 Å². The average Bonchev–Trinajstić information content (AvgIpc) is 3.00. The Bertz CT molecular complexity index is 711. The number of hydrogen-bond acceptors (Lipinski definition) is 4. The van der Waals surface area contributed by atoms with Gasteiger partial charge in [0.2, 0.25) is 0 Å². The molecule has 0 atom stereocenters. The van der Waals surface area contributed by atoms with Crippen LogP contribution in [-0.2, 0) is 7.05 Å². The van der Waals surface area contributed by atoms with E-state index < -0.39 is 18.0 Å². The van der Waals surface area contributed by atoms with Gasteiger partial charge in [-0.2, -0.15) is 5.10 Å². The van der Waals surface area contributed by atoms with Crippen molar-refractivity contribution in [2.45, 2.75) is 44.2 Å². The largest absolute Gasteiger partial charge is 0.367 e. The van der Waals surface area contributed by atoms with Crippen molar-refractivity contribution in [3.05, 3.63) is 41.9 Å². The molecule has 0 spiro atoms. The number of hydrogen-bond donors (Lipinski definition) is 2. The van der Waals surface area contributed by atoms with Crippen molar-refractivity contribution in [3.8, 4) is 0 Å². The molecule has 2 N–H and O–H groups in total. The molecule has 1 fully saturated rings. The number of aryl methyl sites for hydroxylation is 1. The molecule has 1 amide bonds. The van der Waals surface area contributed by atoms with Crippen molar-refractivity contribution in [2.24, 2.45) is 7.05 Å². The number of carbonyl (C=O) groups excluding carboxylic acids is 1. The lowest BCUT2D eigenvalue weighted by molar-refractivity contribution is 0.0912. The minimum absolute atomic E-state index is 0.0139. The second kappa shape index (κ2) is 7.58. The molecule has 2 heterocycles. The van der Waals surface area contributed by atoms with Gasteiger partial charge in [0.05, 0.1) is 5.56 Å². The fourth-order valence-corrected chi connectivity index (χ4v) is 3.14. The first kappa shape index (κ1) is 17.3. The van der Waals surface area contributed by atoms with Gasteiger partial charge in [0, 0.05) is 31.5 Å². The van der Waals surface area contributed by atoms with Crippen LogP contribution in [0.5, 0.6) is 0 Å². The van der Waals surface area contributed by atoms with Crippen LogP contribution in [0.2, 0.25) is 0 Å². The number of pyridine rings is 1. The Labute approximate surface area is 144 Å². The van der Waals surface area contributed by atoms with Gasteiger partial charge in [0.15, 0.2) is 0 Å². The third-order valence-electron chi connectivity index (χ3n) is 4.39. The molecule has 0 aliphatic heterocycles. The van der Waals surface area contributed by atoms with Crippen LogP contribution < -0.4 is 10.6 Å². The van der Waals surface area contributed by atoms with Crippen molar-refractivity contribution in [3.63, 3.8) is 0 Å². The normalized spacial score (nSPS) is 20.5. The molecule has 3 rings (SSSR count). The fourth-order valence-electron chi connectivity index (χ4n) is 3.14. The van der Waals surface area contributed by atoms with Crippen molar-refractivity contribution in [2.75, 3.05) is 5.32 Å². The van der Waals surface area contributed by atoms with Gasteiger partial charge >= 0.3 is 0 Å². The Hall–Kier alpha value is -2.51. The molecule has 0 bridgehead atoms. The fraction of sp³-hybridized carbons (Fsp3) is 0.471. The summed E-state index contributed by atoms with van der Waals surface area (Å²) in [5, 5.41) is 9.91. The number of nitrogens with zero attached hydrogens (tertiary/aromatic N) is 3. The zero-order chi connectivity index (χ0) is 17.8. The topological polar surface area (TPSA) is 71.8 Å². The summed E-state index contributed by atoms with van der Waals surface area (Å²) in [7, 11) is 1.52. The maximum Gasteiger partial charge on any atom is 0.282 e. The van der Waals surface area contributed by atoms with E-state index in [1.807, 2.05) is 18.2 Å². The highest BCUT2D eigenvalue weighted by molar-refractivity contribution is 5.95. The van der Waals surface area contributed by atoms with Crippen LogP contribution in [0.3, 0.4) is 0 Å². The molecule has 8 heteroatoms. The smallest absolute Gasteiger partial charge is 0.282 e. The Kier molecular flexibility index (Phi) is 5.25. The molecular formula is C17H21F2N5O. The molecule has 0 aromatic carbocycles. The Morgan fingerprint density at radius 1 is 1.24 bits per heavy atom. The summed E-state index contributed by atoms with van der Waals surface area (Å²) in [6, 6.07) is 6.00. The van der Waals surface area contributed by atoms with Crippen LogP contribution in [0.25, 0.3) is 0 Å². The number of anilines is 1. The first-order chi connectivity index (χ1) is 12.0. The number of rotatable bonds is 5. The molecular weight excluding hydrogens is 328 g/mol. The van der Waals surface area contributed by atoms with Gasteiger partial charge in [-0.05, 0) is 37.8 Å². The molecule has 2 aromatic heterocycles. The molecule has 0 radical (unpaired) electrons. The molecule has 1 saturated carbocycles. The van der Waals surface area contributed by atoms with Gasteiger partial charge in [-0.15, -0.1) is 0 Å². The second-order valence-corrected chi connectivity index (χ2v) is 6.28. The molecule has 0 unspecified atom stereocenters. The summed E-state index contributed by atoms with van der Waals surface area (Å²) < 4.78 is 27.2. The van der Waals surface area contributed by atoms with Crippen LogP contribution in [0, 0.1) is 0 Å². The van der Waals surface area contributed by atoms with E-state index in [1.165, 1.54) is 17.9 Å². The van der Waals surface area contributed by atoms with E-state index in [9.17, 15) is 13.6 Å². The summed E-state index contributed by atoms with van der Waals surface area (Å²) in [6.07, 6.45) is 3.67. The van der Waals surface area contributed by atoms with Gasteiger partial charge in [-0.25, -0.2) is 13.8 Å². The van der Waals surface area contributed by atoms with Gasteiger partial charge in [0.25, 0.3) is 12.3 Å². The highest BCUT2D eigenvalue weighted by Crippen LogP contribution is 2.24. The minimum atomic E-state index is -2.76. The maximum atomic E-state index is 13.0. The molecule has 2 aromatic rings. The van der Waals surface area contributed by atoms with E-state index in [0.717, 1.165) is 31.5 Å². The van der Waals surface area contributed by atoms with E-state index in [2.05, 4.69) is 20.7 Å². The van der Waals surface area contributed by atoms with E-state index in [0.29, 0.717) is 6.04 Å². The minimum Gasteiger partial charge on any atom is -0.367 e. The van der Waals surface area contributed by atoms with E-state index in [4.69, 9.17) is 0 Å². The SMILES string of the molecule is Cn1cc(C(=O)NC2CCC(Nc3ccccn3)CC2)c(C(F)F)n1. The monoisotopic (exact) mass is 349 g/mol. The van der Waals surface area contributed by atoms with E-state index in [1.54, 1.807) is 6.20 Å². The number of nitrogens with one attached hydrogen (secondary N) is 2. The van der Waals surface area contributed by atoms with Crippen LogP contribution >= 0.6 is 0 Å². The lowest BCUT2D eigenvalue weighted by Gasteiger charge is -2.30. The third-order valence-corrected chi connectivity index (χ3v) is 4.39. The van der Waals surface area contributed by atoms with E-state index in [-0.39, 0.29) is 11.6 Å². The number of alkyl halides is 2. The van der Waals surface area contributed by atoms with E-state index >= 15 is 0 Å². The average molecular weight is 349 g/mol. The number of amides is 1. The van der Waals surface area contributed by atoms with Gasteiger partial charge in [-0.1, -0.05) is 6.07 Å². The standard InChI is InChI=1S/C17H21F2N5O/c1-24-10-13(15(23-24)16(18)19)17(25)22-12-7-5-11(6-8-12)21-14-4-2-3-9-20-14/h2-4,9-12,16H,5-8H2,1H3,(H,20,21)(H,22,25). The summed E-state index contributed by atoms with van der Waals surface area (Å²) in [5.41, 5.74) is -0.517. The van der Waals surface area contributed by atoms with Crippen molar-refractivity contribution < 1.29 is 13.6 Å². The summed E-state index contributed by atoms with van der Waals surface area (Å²) in [6.45, 7) is 0. The zero-order valence-electron chi connectivity index (χ0n) is 14.0. The molecule has 1 aliphatic carbocycles. The number of halogens is 2. The maximum absolute atomic E-state index is 13.0. The van der Waals surface area contributed by atoms with Crippen molar-refractivity contribution in [1.29, 1.82) is 0 Å². The molecule has 6 nitrogen and oxygen atoms in total. The van der Waals surface area contributed by atoms with Gasteiger partial charge < -0.3 is 10.6 Å². The molecule has 25 heavy (non-hydrogen) atoms. The van der Waals surface area contributed by atoms with Crippen LogP contribution in [0.4, 0.5) is 14.6 Å². The summed E-state index contributed by atoms with van der Waals surface area (Å²) in [5.74, 6) is 0.358. The molecule has 0 saturated heterocycles. The highest BCUT2D eigenvalue weighted by Gasteiger charge is 2.27. The zero-order valence-corrected chi connectivity index (χ0v) is 14.0. The van der Waals surface area contributed by atoms with Gasteiger partial charge in [-0.3, -0.25) is 9.48 Å². The Morgan fingerprint density at radius 3 is 2.60 bits per heavy atom. The first-order valence-electron chi connectivity index (χ1n) is 8.33. The first-order valence-corrected chi connectivity index (χ1v) is 8.33. The Morgan fingerprint density at radius 2 is 1.96 bits per heavy atom. The summed E-state index contributed by atoms with van der Waals surface area (Å²) >= 11 is 0. The Balaban J connectivity index is 1.53. The molecule has 134 valence electrons. The van der Waals surface area contributed by atoms with Crippen molar-refractivity contribution >= 4 is 11.7 Å². The predicted molar refractivity (Wildman–Crippen MR) is 89.5 cm³/mol. The van der Waals surface area contributed by atoms with Crippen LogP contribution in [-0.4, -0.2) is 32.8 Å². The van der Waals surface area contributed by atoms with Gasteiger partial charge in [0.1, 0.15) is 11.5 Å². The lowest BCUT2D eigenvalue weighted by Crippen LogP contribution is -2.40. The number of carbonyl (C=O) groups is 1. The summed E-state index contributed by atoms with van der Waals surface area (Å²) in [4.78, 5) is 16.5. The lowest BCUT2D eigenvalue weighted by atomic mass is 9.91. The quantitative estimate of drug-likeness (QED) is 0.871. The van der Waals surface area contributed by atoms with Crippen molar-refractivity contribution in [1.82, 2.24) is 20.1 Å². The number of aromatic nitrogens is 3. The highest BCUT2D eigenvalue weighted by atomic mass is 19.3. The third kappa shape index (κ3) is 4.32. The van der Waals surface area contributed by atoms with Crippen LogP contribution in [0.1, 0.15) is 48.2 Å². The molecule has 1 aliphatic rings. The second-order valence-electron chi connectivity index (χ2n) is 6.28. The predicted octanol–water partition coefficient (Wildman–Crippen LogP) is 2.91.